The molecule has 19 heavy (non-hydrogen) atoms. The van der Waals surface area contributed by atoms with Gasteiger partial charge in [0.2, 0.25) is 5.96 Å². The summed E-state index contributed by atoms with van der Waals surface area (Å²) in [6.07, 6.45) is 0. The number of nitrogens with zero attached hydrogens (tertiary/aromatic N) is 1. The highest BCUT2D eigenvalue weighted by atomic mass is 19.1. The van der Waals surface area contributed by atoms with E-state index in [0.717, 1.165) is 0 Å². The lowest BCUT2D eigenvalue weighted by Gasteiger charge is -2.11. The van der Waals surface area contributed by atoms with Gasteiger partial charge in [-0.2, -0.15) is 0 Å². The van der Waals surface area contributed by atoms with Gasteiger partial charge in [-0.1, -0.05) is 0 Å². The van der Waals surface area contributed by atoms with Gasteiger partial charge >= 0.3 is 0 Å². The van der Waals surface area contributed by atoms with E-state index in [0.29, 0.717) is 31.4 Å². The zero-order valence-electron chi connectivity index (χ0n) is 11.1. The molecule has 0 bridgehead atoms. The van der Waals surface area contributed by atoms with E-state index in [1.807, 2.05) is 0 Å². The number of benzene rings is 1. The number of methoxy groups -OCH3 is 1. The third kappa shape index (κ3) is 5.11. The Morgan fingerprint density at radius 3 is 2.84 bits per heavy atom. The average molecular weight is 270 g/mol. The van der Waals surface area contributed by atoms with E-state index in [1.165, 1.54) is 6.07 Å². The number of anilines is 1. The summed E-state index contributed by atoms with van der Waals surface area (Å²) in [5.74, 6) is 5.42. The van der Waals surface area contributed by atoms with Crippen LogP contribution in [0.2, 0.25) is 0 Å². The molecule has 0 heterocycles. The zero-order valence-corrected chi connectivity index (χ0v) is 11.1. The van der Waals surface area contributed by atoms with Crippen molar-refractivity contribution >= 4 is 11.6 Å². The second-order valence-electron chi connectivity index (χ2n) is 3.57. The molecule has 0 radical (unpaired) electrons. The van der Waals surface area contributed by atoms with E-state index < -0.39 is 5.82 Å². The van der Waals surface area contributed by atoms with Crippen molar-refractivity contribution in [2.24, 2.45) is 10.8 Å². The molecule has 0 aromatic heterocycles. The van der Waals surface area contributed by atoms with E-state index in [9.17, 15) is 4.39 Å². The average Bonchev–Trinajstić information content (AvgIpc) is 2.41. The molecule has 1 rings (SSSR count). The van der Waals surface area contributed by atoms with Crippen molar-refractivity contribution in [2.45, 2.75) is 6.92 Å². The lowest BCUT2D eigenvalue weighted by molar-refractivity contribution is 0.208. The minimum Gasteiger partial charge on any atom is -0.491 e. The van der Waals surface area contributed by atoms with Gasteiger partial charge in [-0.3, -0.25) is 5.43 Å². The standard InChI is InChI=1S/C12H19FN4O2/c1-3-19-11-5-4-9(8-10(11)13)16-12(17-14)15-6-7-18-2/h4-5,8H,3,6-7,14H2,1-2H3,(H2,15,16,17). The molecule has 0 aliphatic carbocycles. The third-order valence-electron chi connectivity index (χ3n) is 2.20. The summed E-state index contributed by atoms with van der Waals surface area (Å²) < 4.78 is 23.6. The Labute approximate surface area is 111 Å². The Morgan fingerprint density at radius 1 is 1.47 bits per heavy atom. The van der Waals surface area contributed by atoms with Crippen molar-refractivity contribution in [3.05, 3.63) is 24.0 Å². The fraction of sp³-hybridized carbons (Fsp3) is 0.417. The molecule has 0 saturated heterocycles. The molecule has 106 valence electrons. The predicted molar refractivity (Wildman–Crippen MR) is 72.7 cm³/mol. The first-order valence-electron chi connectivity index (χ1n) is 5.90. The summed E-state index contributed by atoms with van der Waals surface area (Å²) in [6.45, 7) is 3.13. The van der Waals surface area contributed by atoms with Crippen molar-refractivity contribution < 1.29 is 13.9 Å². The smallest absolute Gasteiger partial charge is 0.210 e. The summed E-state index contributed by atoms with van der Waals surface area (Å²) in [7, 11) is 1.58. The monoisotopic (exact) mass is 270 g/mol. The molecule has 0 unspecified atom stereocenters. The molecular formula is C12H19FN4O2. The van der Waals surface area contributed by atoms with Gasteiger partial charge in [-0.25, -0.2) is 15.2 Å². The number of ether oxygens (including phenoxy) is 2. The highest BCUT2D eigenvalue weighted by Gasteiger charge is 2.05. The van der Waals surface area contributed by atoms with Crippen LogP contribution in [0, 0.1) is 5.82 Å². The van der Waals surface area contributed by atoms with Gasteiger partial charge in [0, 0.05) is 18.9 Å². The number of hydrogen-bond donors (Lipinski definition) is 3. The maximum absolute atomic E-state index is 13.6. The fourth-order valence-electron chi connectivity index (χ4n) is 1.36. The second-order valence-corrected chi connectivity index (χ2v) is 3.57. The Balaban J connectivity index is 2.69. The Hall–Kier alpha value is -1.86. The molecule has 1 aromatic carbocycles. The molecule has 4 N–H and O–H groups in total. The van der Waals surface area contributed by atoms with Gasteiger partial charge in [-0.15, -0.1) is 0 Å². The van der Waals surface area contributed by atoms with Gasteiger partial charge in [0.25, 0.3) is 0 Å². The molecule has 0 spiro atoms. The van der Waals surface area contributed by atoms with Gasteiger partial charge in [0.05, 0.1) is 19.8 Å². The number of hydrogen-bond acceptors (Lipinski definition) is 4. The first-order chi connectivity index (χ1) is 9.21. The highest BCUT2D eigenvalue weighted by molar-refractivity contribution is 5.93. The molecule has 1 aromatic rings. The summed E-state index contributed by atoms with van der Waals surface area (Å²) >= 11 is 0. The number of hydrazine groups is 1. The third-order valence-corrected chi connectivity index (χ3v) is 2.20. The van der Waals surface area contributed by atoms with Gasteiger partial charge in [0.1, 0.15) is 0 Å². The molecule has 6 nitrogen and oxygen atoms in total. The van der Waals surface area contributed by atoms with Crippen LogP contribution < -0.4 is 21.3 Å². The van der Waals surface area contributed by atoms with Crippen molar-refractivity contribution in [1.82, 2.24) is 5.43 Å². The summed E-state index contributed by atoms with van der Waals surface area (Å²) in [6, 6.07) is 4.54. The van der Waals surface area contributed by atoms with Crippen LogP contribution in [-0.4, -0.2) is 32.8 Å². The van der Waals surface area contributed by atoms with Crippen molar-refractivity contribution in [3.63, 3.8) is 0 Å². The summed E-state index contributed by atoms with van der Waals surface area (Å²) in [5.41, 5.74) is 2.92. The highest BCUT2D eigenvalue weighted by Crippen LogP contribution is 2.20. The Morgan fingerprint density at radius 2 is 2.26 bits per heavy atom. The van der Waals surface area contributed by atoms with E-state index in [4.69, 9.17) is 15.3 Å². The molecule has 0 fully saturated rings. The molecule has 0 amide bonds. The van der Waals surface area contributed by atoms with Crippen LogP contribution >= 0.6 is 0 Å². The lowest BCUT2D eigenvalue weighted by atomic mass is 10.3. The van der Waals surface area contributed by atoms with Crippen molar-refractivity contribution in [1.29, 1.82) is 0 Å². The topological polar surface area (TPSA) is 80.9 Å². The zero-order chi connectivity index (χ0) is 14.1. The number of nitrogens with two attached hydrogens (primary N) is 1. The largest absolute Gasteiger partial charge is 0.491 e. The Bertz CT molecular complexity index is 426. The molecular weight excluding hydrogens is 251 g/mol. The summed E-state index contributed by atoms with van der Waals surface area (Å²) in [5, 5.41) is 2.86. The maximum atomic E-state index is 13.6. The molecule has 0 aliphatic rings. The van der Waals surface area contributed by atoms with Crippen LogP contribution in [0.1, 0.15) is 6.92 Å². The van der Waals surface area contributed by atoms with E-state index in [-0.39, 0.29) is 5.75 Å². The number of nitrogens with one attached hydrogen (secondary N) is 2. The molecule has 0 saturated carbocycles. The van der Waals surface area contributed by atoms with Crippen LogP contribution in [0.25, 0.3) is 0 Å². The van der Waals surface area contributed by atoms with Gasteiger partial charge in [-0.05, 0) is 19.1 Å². The van der Waals surface area contributed by atoms with Crippen LogP contribution in [0.15, 0.2) is 23.2 Å². The quantitative estimate of drug-likeness (QED) is 0.237. The SMILES string of the molecule is CCOc1ccc(NC(=NCCOC)NN)cc1F. The number of aliphatic imine (C=N–C) groups is 1. The lowest BCUT2D eigenvalue weighted by Crippen LogP contribution is -2.36. The van der Waals surface area contributed by atoms with Crippen molar-refractivity contribution in [3.8, 4) is 5.75 Å². The van der Waals surface area contributed by atoms with E-state index in [1.54, 1.807) is 26.2 Å². The minimum absolute atomic E-state index is 0.214. The van der Waals surface area contributed by atoms with Crippen LogP contribution in [-0.2, 0) is 4.74 Å². The minimum atomic E-state index is -0.444. The number of rotatable bonds is 6. The molecule has 0 atom stereocenters. The first kappa shape index (κ1) is 15.2. The normalized spacial score (nSPS) is 11.3. The predicted octanol–water partition coefficient (Wildman–Crippen LogP) is 1.10. The van der Waals surface area contributed by atoms with Crippen LogP contribution in [0.5, 0.6) is 5.75 Å². The van der Waals surface area contributed by atoms with Crippen LogP contribution in [0.3, 0.4) is 0 Å². The Kier molecular flexibility index (Phi) is 6.62. The maximum Gasteiger partial charge on any atom is 0.210 e. The summed E-state index contributed by atoms with van der Waals surface area (Å²) in [4.78, 5) is 4.11. The van der Waals surface area contributed by atoms with Gasteiger partial charge in [0.15, 0.2) is 11.6 Å². The van der Waals surface area contributed by atoms with Crippen molar-refractivity contribution in [2.75, 3.05) is 32.2 Å². The number of guanidine groups is 1. The number of halogens is 1. The molecule has 0 aliphatic heterocycles. The second kappa shape index (κ2) is 8.28. The van der Waals surface area contributed by atoms with Gasteiger partial charge < -0.3 is 14.8 Å². The van der Waals surface area contributed by atoms with E-state index in [2.05, 4.69) is 15.7 Å². The molecule has 7 heteroatoms. The van der Waals surface area contributed by atoms with E-state index >= 15 is 0 Å². The fourth-order valence-corrected chi connectivity index (χ4v) is 1.36. The first-order valence-corrected chi connectivity index (χ1v) is 5.90. The van der Waals surface area contributed by atoms with Crippen LogP contribution in [0.4, 0.5) is 10.1 Å².